The van der Waals surface area contributed by atoms with Crippen LogP contribution in [0, 0.1) is 13.8 Å². The molecule has 0 aliphatic carbocycles. The van der Waals surface area contributed by atoms with Gasteiger partial charge in [0.1, 0.15) is 11.5 Å². The molecule has 0 heterocycles. The van der Waals surface area contributed by atoms with Crippen LogP contribution in [0.25, 0.3) is 32.7 Å². The van der Waals surface area contributed by atoms with Crippen molar-refractivity contribution >= 4 is 21.5 Å². The highest BCUT2D eigenvalue weighted by Crippen LogP contribution is 2.54. The van der Waals surface area contributed by atoms with Gasteiger partial charge in [-0.05, 0) is 70.8 Å². The molecule has 36 heavy (non-hydrogen) atoms. The zero-order valence-electron chi connectivity index (χ0n) is 22.0. The predicted octanol–water partition coefficient (Wildman–Crippen LogP) is 7.11. The maximum Gasteiger partial charge on any atom is 0.161 e. The Morgan fingerprint density at radius 3 is 1.03 bits per heavy atom. The molecule has 0 radical (unpaired) electrons. The van der Waals surface area contributed by atoms with Crippen LogP contribution >= 0.6 is 0 Å². The lowest BCUT2D eigenvalue weighted by atomic mass is 9.74. The van der Waals surface area contributed by atoms with Crippen molar-refractivity contribution in [2.75, 3.05) is 0 Å². The van der Waals surface area contributed by atoms with Gasteiger partial charge in [-0.25, -0.2) is 0 Å². The largest absolute Gasteiger partial charge is 0.507 e. The number of phenols is 6. The summed E-state index contributed by atoms with van der Waals surface area (Å²) in [6, 6.07) is 6.42. The van der Waals surface area contributed by atoms with E-state index in [9.17, 15) is 30.6 Å². The van der Waals surface area contributed by atoms with Crippen molar-refractivity contribution in [3.63, 3.8) is 0 Å². The van der Waals surface area contributed by atoms with Crippen molar-refractivity contribution in [2.24, 2.45) is 0 Å². The topological polar surface area (TPSA) is 121 Å². The Morgan fingerprint density at radius 1 is 0.444 bits per heavy atom. The number of phenolic OH excluding ortho intramolecular Hbond substituents is 6. The van der Waals surface area contributed by atoms with Crippen molar-refractivity contribution in [1.82, 2.24) is 0 Å². The van der Waals surface area contributed by atoms with Crippen LogP contribution in [0.5, 0.6) is 34.5 Å². The molecule has 0 aliphatic rings. The number of aryl methyl sites for hydroxylation is 2. The van der Waals surface area contributed by atoms with Gasteiger partial charge in [0.15, 0.2) is 23.0 Å². The van der Waals surface area contributed by atoms with Gasteiger partial charge in [-0.3, -0.25) is 0 Å². The van der Waals surface area contributed by atoms with Gasteiger partial charge in [0.05, 0.1) is 0 Å². The normalized spacial score (nSPS) is 12.6. The quantitative estimate of drug-likeness (QED) is 0.158. The zero-order valence-corrected chi connectivity index (χ0v) is 22.0. The third kappa shape index (κ3) is 3.63. The summed E-state index contributed by atoms with van der Waals surface area (Å²) in [5, 5.41) is 66.7. The second-order valence-electron chi connectivity index (χ2n) is 11.7. The average molecular weight is 491 g/mol. The third-order valence-electron chi connectivity index (χ3n) is 7.11. The van der Waals surface area contributed by atoms with Gasteiger partial charge in [0, 0.05) is 33.0 Å². The number of fused-ring (bicyclic) bond motifs is 2. The second kappa shape index (κ2) is 7.85. The number of aromatic hydroxyl groups is 6. The molecular formula is C30H34O6. The summed E-state index contributed by atoms with van der Waals surface area (Å²) in [6.07, 6.45) is 0. The van der Waals surface area contributed by atoms with Gasteiger partial charge < -0.3 is 30.6 Å². The lowest BCUT2D eigenvalue weighted by molar-refractivity contribution is 0.402. The molecule has 0 aliphatic heterocycles. The zero-order chi connectivity index (χ0) is 27.1. The van der Waals surface area contributed by atoms with E-state index in [2.05, 4.69) is 0 Å². The molecular weight excluding hydrogens is 456 g/mol. The van der Waals surface area contributed by atoms with E-state index in [1.54, 1.807) is 13.8 Å². The first-order valence-corrected chi connectivity index (χ1v) is 11.9. The smallest absolute Gasteiger partial charge is 0.161 e. The Morgan fingerprint density at radius 2 is 0.750 bits per heavy atom. The van der Waals surface area contributed by atoms with Crippen LogP contribution in [0.15, 0.2) is 24.3 Å². The van der Waals surface area contributed by atoms with Gasteiger partial charge in [0.25, 0.3) is 0 Å². The molecule has 4 rings (SSSR count). The van der Waals surface area contributed by atoms with Gasteiger partial charge in [0.2, 0.25) is 0 Å². The summed E-state index contributed by atoms with van der Waals surface area (Å²) in [7, 11) is 0. The maximum atomic E-state index is 11.7. The standard InChI is InChI=1S/C30H34O6/c1-13-15-9-19(29(3,4)5)23(27(35)17(15)11-21(31)25(13)33)24-20(30(6,7)8)10-16-14(2)26(34)22(32)12-18(16)28(24)36/h9-12,31-36H,1-8H3. The SMILES string of the molecule is Cc1c(O)c(O)cc2c(O)c(-c3c(C(C)(C)C)cc4c(C)c(O)c(O)cc4c3O)c(C(C)(C)C)cc12. The molecule has 0 unspecified atom stereocenters. The fourth-order valence-corrected chi connectivity index (χ4v) is 5.02. The number of rotatable bonds is 1. The Balaban J connectivity index is 2.32. The van der Waals surface area contributed by atoms with Crippen LogP contribution in [-0.4, -0.2) is 30.6 Å². The molecule has 0 fully saturated rings. The minimum atomic E-state index is -0.482. The van der Waals surface area contributed by atoms with E-state index < -0.39 is 10.8 Å². The van der Waals surface area contributed by atoms with Crippen LogP contribution in [0.2, 0.25) is 0 Å². The lowest BCUT2D eigenvalue weighted by Gasteiger charge is -2.31. The second-order valence-corrected chi connectivity index (χ2v) is 11.7. The fourth-order valence-electron chi connectivity index (χ4n) is 5.02. The van der Waals surface area contributed by atoms with Crippen LogP contribution in [0.1, 0.15) is 63.8 Å². The summed E-state index contributed by atoms with van der Waals surface area (Å²) in [4.78, 5) is 0. The molecule has 4 aromatic rings. The first-order valence-electron chi connectivity index (χ1n) is 11.9. The van der Waals surface area contributed by atoms with Crippen molar-refractivity contribution in [3.05, 3.63) is 46.5 Å². The highest BCUT2D eigenvalue weighted by atomic mass is 16.3. The highest BCUT2D eigenvalue weighted by Gasteiger charge is 2.32. The van der Waals surface area contributed by atoms with Crippen molar-refractivity contribution in [2.45, 2.75) is 66.2 Å². The minimum absolute atomic E-state index is 0.129. The van der Waals surface area contributed by atoms with Crippen molar-refractivity contribution < 1.29 is 30.6 Å². The van der Waals surface area contributed by atoms with E-state index in [0.29, 0.717) is 43.8 Å². The summed E-state index contributed by atoms with van der Waals surface area (Å²) in [5.41, 5.74) is 2.21. The van der Waals surface area contributed by atoms with Crippen molar-refractivity contribution in [3.8, 4) is 45.6 Å². The Hall–Kier alpha value is -3.80. The van der Waals surface area contributed by atoms with E-state index in [4.69, 9.17) is 0 Å². The molecule has 0 aromatic heterocycles. The molecule has 0 atom stereocenters. The van der Waals surface area contributed by atoms with E-state index in [-0.39, 0.29) is 34.5 Å². The highest BCUT2D eigenvalue weighted by molar-refractivity contribution is 6.06. The molecule has 6 heteroatoms. The lowest BCUT2D eigenvalue weighted by Crippen LogP contribution is -2.17. The van der Waals surface area contributed by atoms with Crippen molar-refractivity contribution in [1.29, 1.82) is 0 Å². The number of hydrogen-bond acceptors (Lipinski definition) is 6. The summed E-state index contributed by atoms with van der Waals surface area (Å²) in [5.74, 6) is -1.45. The molecule has 0 bridgehead atoms. The molecule has 0 spiro atoms. The average Bonchev–Trinajstić information content (AvgIpc) is 2.76. The third-order valence-corrected chi connectivity index (χ3v) is 7.11. The van der Waals surface area contributed by atoms with E-state index in [1.807, 2.05) is 53.7 Å². The molecule has 4 aromatic carbocycles. The number of benzene rings is 4. The minimum Gasteiger partial charge on any atom is -0.507 e. The first-order chi connectivity index (χ1) is 16.5. The van der Waals surface area contributed by atoms with E-state index >= 15 is 0 Å². The van der Waals surface area contributed by atoms with E-state index in [1.165, 1.54) is 12.1 Å². The molecule has 0 saturated carbocycles. The van der Waals surface area contributed by atoms with Crippen LogP contribution < -0.4 is 0 Å². The van der Waals surface area contributed by atoms with Crippen LogP contribution in [-0.2, 0) is 10.8 Å². The molecule has 190 valence electrons. The fraction of sp³-hybridized carbons (Fsp3) is 0.333. The molecule has 0 amide bonds. The van der Waals surface area contributed by atoms with E-state index in [0.717, 1.165) is 11.1 Å². The first kappa shape index (κ1) is 25.3. The Bertz CT molecular complexity index is 1450. The molecule has 6 nitrogen and oxygen atoms in total. The molecule has 0 saturated heterocycles. The van der Waals surface area contributed by atoms with Crippen LogP contribution in [0.4, 0.5) is 0 Å². The Labute approximate surface area is 210 Å². The van der Waals surface area contributed by atoms with Gasteiger partial charge >= 0.3 is 0 Å². The summed E-state index contributed by atoms with van der Waals surface area (Å²) < 4.78 is 0. The van der Waals surface area contributed by atoms with Crippen LogP contribution in [0.3, 0.4) is 0 Å². The predicted molar refractivity (Wildman–Crippen MR) is 144 cm³/mol. The summed E-state index contributed by atoms with van der Waals surface area (Å²) in [6.45, 7) is 15.3. The van der Waals surface area contributed by atoms with Gasteiger partial charge in [-0.1, -0.05) is 41.5 Å². The van der Waals surface area contributed by atoms with Gasteiger partial charge in [-0.2, -0.15) is 0 Å². The Kier molecular flexibility index (Phi) is 5.52. The molecule has 6 N–H and O–H groups in total. The summed E-state index contributed by atoms with van der Waals surface area (Å²) >= 11 is 0. The maximum absolute atomic E-state index is 11.7. The monoisotopic (exact) mass is 490 g/mol. The number of hydrogen-bond donors (Lipinski definition) is 6. The van der Waals surface area contributed by atoms with Gasteiger partial charge in [-0.15, -0.1) is 0 Å².